The second-order valence-corrected chi connectivity index (χ2v) is 5.59. The molecular formula is C15H31NO2. The van der Waals surface area contributed by atoms with Gasteiger partial charge in [0.1, 0.15) is 0 Å². The Morgan fingerprint density at radius 1 is 1.11 bits per heavy atom. The number of aliphatic hydroxyl groups excluding tert-OH is 1. The molecule has 2 N–H and O–H groups in total. The summed E-state index contributed by atoms with van der Waals surface area (Å²) < 4.78 is 5.76. The quantitative estimate of drug-likeness (QED) is 0.667. The van der Waals surface area contributed by atoms with Gasteiger partial charge in [0.05, 0.1) is 18.8 Å². The fourth-order valence-electron chi connectivity index (χ4n) is 2.57. The smallest absolute Gasteiger partial charge is 0.0897 e. The Hall–Kier alpha value is -0.120. The first-order valence-corrected chi connectivity index (χ1v) is 7.76. The molecule has 0 aliphatic heterocycles. The van der Waals surface area contributed by atoms with E-state index in [4.69, 9.17) is 4.74 Å². The topological polar surface area (TPSA) is 41.5 Å². The summed E-state index contributed by atoms with van der Waals surface area (Å²) >= 11 is 0. The number of nitrogens with one attached hydrogen (secondary N) is 1. The van der Waals surface area contributed by atoms with E-state index in [9.17, 15) is 5.11 Å². The van der Waals surface area contributed by atoms with Crippen molar-refractivity contribution < 1.29 is 9.84 Å². The van der Waals surface area contributed by atoms with Crippen LogP contribution in [0.2, 0.25) is 0 Å². The van der Waals surface area contributed by atoms with Gasteiger partial charge in [-0.25, -0.2) is 0 Å². The SMILES string of the molecule is CCC(CC)CNCC(O)COC1CCCCC1. The van der Waals surface area contributed by atoms with Crippen LogP contribution in [0, 0.1) is 5.92 Å². The molecule has 0 heterocycles. The zero-order valence-corrected chi connectivity index (χ0v) is 12.2. The average molecular weight is 257 g/mol. The van der Waals surface area contributed by atoms with Gasteiger partial charge in [0.2, 0.25) is 0 Å². The number of hydrogen-bond donors (Lipinski definition) is 2. The van der Waals surface area contributed by atoms with Crippen LogP contribution in [0.5, 0.6) is 0 Å². The Morgan fingerprint density at radius 3 is 2.39 bits per heavy atom. The van der Waals surface area contributed by atoms with Crippen LogP contribution in [0.15, 0.2) is 0 Å². The minimum atomic E-state index is -0.360. The molecule has 3 nitrogen and oxygen atoms in total. The average Bonchev–Trinajstić information content (AvgIpc) is 2.42. The van der Waals surface area contributed by atoms with E-state index in [1.807, 2.05) is 0 Å². The van der Waals surface area contributed by atoms with Crippen LogP contribution in [0.25, 0.3) is 0 Å². The van der Waals surface area contributed by atoms with Gasteiger partial charge < -0.3 is 15.2 Å². The molecule has 0 aromatic rings. The van der Waals surface area contributed by atoms with Crippen molar-refractivity contribution in [3.05, 3.63) is 0 Å². The van der Waals surface area contributed by atoms with E-state index >= 15 is 0 Å². The van der Waals surface area contributed by atoms with Crippen molar-refractivity contribution >= 4 is 0 Å². The fourth-order valence-corrected chi connectivity index (χ4v) is 2.57. The standard InChI is InChI=1S/C15H31NO2/c1-3-13(4-2)10-16-11-14(17)12-18-15-8-6-5-7-9-15/h13-17H,3-12H2,1-2H3. The lowest BCUT2D eigenvalue weighted by Gasteiger charge is -2.23. The molecule has 0 saturated heterocycles. The first kappa shape index (κ1) is 15.9. The van der Waals surface area contributed by atoms with Crippen molar-refractivity contribution in [1.29, 1.82) is 0 Å². The maximum atomic E-state index is 9.85. The van der Waals surface area contributed by atoms with E-state index in [2.05, 4.69) is 19.2 Å². The van der Waals surface area contributed by atoms with Crippen LogP contribution in [0.1, 0.15) is 58.8 Å². The van der Waals surface area contributed by atoms with Gasteiger partial charge in [-0.05, 0) is 25.3 Å². The predicted octanol–water partition coefficient (Wildman–Crippen LogP) is 2.72. The van der Waals surface area contributed by atoms with Crippen molar-refractivity contribution in [2.75, 3.05) is 19.7 Å². The molecule has 3 heteroatoms. The minimum absolute atomic E-state index is 0.360. The highest BCUT2D eigenvalue weighted by molar-refractivity contribution is 4.67. The Balaban J connectivity index is 2.00. The molecule has 1 unspecified atom stereocenters. The van der Waals surface area contributed by atoms with Crippen LogP contribution >= 0.6 is 0 Å². The molecule has 1 atom stereocenters. The van der Waals surface area contributed by atoms with Crippen LogP contribution in [-0.2, 0) is 4.74 Å². The molecule has 0 aromatic carbocycles. The predicted molar refractivity (Wildman–Crippen MR) is 75.8 cm³/mol. The summed E-state index contributed by atoms with van der Waals surface area (Å²) in [4.78, 5) is 0. The molecule has 1 saturated carbocycles. The van der Waals surface area contributed by atoms with Gasteiger partial charge in [-0.15, -0.1) is 0 Å². The summed E-state index contributed by atoms with van der Waals surface area (Å²) in [6.07, 6.45) is 8.72. The second kappa shape index (κ2) is 9.76. The highest BCUT2D eigenvalue weighted by Gasteiger charge is 2.15. The van der Waals surface area contributed by atoms with Gasteiger partial charge in [0.15, 0.2) is 0 Å². The number of rotatable bonds is 9. The van der Waals surface area contributed by atoms with Gasteiger partial charge >= 0.3 is 0 Å². The summed E-state index contributed by atoms with van der Waals surface area (Å²) in [6.45, 7) is 6.59. The number of hydrogen-bond acceptors (Lipinski definition) is 3. The van der Waals surface area contributed by atoms with E-state index in [1.54, 1.807) is 0 Å². The first-order valence-electron chi connectivity index (χ1n) is 7.76. The summed E-state index contributed by atoms with van der Waals surface area (Å²) in [5.41, 5.74) is 0. The summed E-state index contributed by atoms with van der Waals surface area (Å²) in [7, 11) is 0. The third kappa shape index (κ3) is 6.72. The molecule has 0 radical (unpaired) electrons. The highest BCUT2D eigenvalue weighted by Crippen LogP contribution is 2.20. The third-order valence-corrected chi connectivity index (χ3v) is 4.04. The van der Waals surface area contributed by atoms with Gasteiger partial charge in [0, 0.05) is 6.54 Å². The highest BCUT2D eigenvalue weighted by atomic mass is 16.5. The zero-order chi connectivity index (χ0) is 13.2. The van der Waals surface area contributed by atoms with Gasteiger partial charge in [-0.3, -0.25) is 0 Å². The lowest BCUT2D eigenvalue weighted by atomic mass is 9.98. The molecule has 1 aliphatic rings. The molecule has 1 aliphatic carbocycles. The molecule has 1 rings (SSSR count). The van der Waals surface area contributed by atoms with Crippen molar-refractivity contribution in [2.45, 2.75) is 71.0 Å². The second-order valence-electron chi connectivity index (χ2n) is 5.59. The van der Waals surface area contributed by atoms with E-state index in [0.717, 1.165) is 12.5 Å². The van der Waals surface area contributed by atoms with E-state index in [-0.39, 0.29) is 6.10 Å². The fraction of sp³-hybridized carbons (Fsp3) is 1.00. The molecular weight excluding hydrogens is 226 g/mol. The van der Waals surface area contributed by atoms with Crippen LogP contribution in [0.4, 0.5) is 0 Å². The van der Waals surface area contributed by atoms with E-state index in [1.165, 1.54) is 44.9 Å². The Morgan fingerprint density at radius 2 is 1.78 bits per heavy atom. The molecule has 0 spiro atoms. The number of aliphatic hydroxyl groups is 1. The third-order valence-electron chi connectivity index (χ3n) is 4.04. The van der Waals surface area contributed by atoms with Gasteiger partial charge in [-0.1, -0.05) is 46.0 Å². The Kier molecular flexibility index (Phi) is 8.64. The van der Waals surface area contributed by atoms with Crippen LogP contribution < -0.4 is 5.32 Å². The number of ether oxygens (including phenoxy) is 1. The summed E-state index contributed by atoms with van der Waals surface area (Å²) in [5.74, 6) is 0.733. The Bertz CT molecular complexity index is 189. The largest absolute Gasteiger partial charge is 0.389 e. The van der Waals surface area contributed by atoms with Crippen molar-refractivity contribution in [2.24, 2.45) is 5.92 Å². The maximum Gasteiger partial charge on any atom is 0.0897 e. The molecule has 0 amide bonds. The molecule has 18 heavy (non-hydrogen) atoms. The maximum absolute atomic E-state index is 9.85. The van der Waals surface area contributed by atoms with Crippen LogP contribution in [0.3, 0.4) is 0 Å². The van der Waals surface area contributed by atoms with E-state index in [0.29, 0.717) is 19.3 Å². The van der Waals surface area contributed by atoms with Crippen molar-refractivity contribution in [3.63, 3.8) is 0 Å². The molecule has 1 fully saturated rings. The first-order chi connectivity index (χ1) is 8.76. The monoisotopic (exact) mass is 257 g/mol. The zero-order valence-electron chi connectivity index (χ0n) is 12.2. The summed E-state index contributed by atoms with van der Waals surface area (Å²) in [5, 5.41) is 13.2. The van der Waals surface area contributed by atoms with Gasteiger partial charge in [0.25, 0.3) is 0 Å². The molecule has 0 aromatic heterocycles. The van der Waals surface area contributed by atoms with Crippen molar-refractivity contribution in [1.82, 2.24) is 5.32 Å². The lowest BCUT2D eigenvalue weighted by Crippen LogP contribution is -2.34. The molecule has 0 bridgehead atoms. The minimum Gasteiger partial charge on any atom is -0.389 e. The lowest BCUT2D eigenvalue weighted by molar-refractivity contribution is -0.0231. The van der Waals surface area contributed by atoms with Crippen molar-refractivity contribution in [3.8, 4) is 0 Å². The molecule has 108 valence electrons. The van der Waals surface area contributed by atoms with E-state index < -0.39 is 0 Å². The van der Waals surface area contributed by atoms with Gasteiger partial charge in [-0.2, -0.15) is 0 Å². The van der Waals surface area contributed by atoms with Crippen LogP contribution in [-0.4, -0.2) is 37.0 Å². The Labute approximate surface area is 112 Å². The normalized spacial score (nSPS) is 19.3. The summed E-state index contributed by atoms with van der Waals surface area (Å²) in [6, 6.07) is 0.